The predicted octanol–water partition coefficient (Wildman–Crippen LogP) is 7.72. The molecule has 9 N–H and O–H groups in total. The SMILES string of the molecule is CCC/C=C/CC/C=C/C(O)C(COC1OC(CO)C(OC2OC(CO)C(O)C(O)C2O)C(O)C1O)NC(=O)CCCCCCCCCCCCCCCCCCCCCCCCCCCC. The lowest BCUT2D eigenvalue weighted by atomic mass is 9.97. The van der Waals surface area contributed by atoms with E-state index in [1.807, 2.05) is 6.08 Å². The normalized spacial score (nSPS) is 26.7. The van der Waals surface area contributed by atoms with Gasteiger partial charge in [-0.1, -0.05) is 205 Å². The van der Waals surface area contributed by atoms with Gasteiger partial charge >= 0.3 is 0 Å². The largest absolute Gasteiger partial charge is 0.394 e. The van der Waals surface area contributed by atoms with Crippen LogP contribution in [0.15, 0.2) is 24.3 Å². The van der Waals surface area contributed by atoms with Gasteiger partial charge in [0.2, 0.25) is 5.91 Å². The van der Waals surface area contributed by atoms with Gasteiger partial charge in [0.1, 0.15) is 48.8 Å². The standard InChI is InChI=1S/C53H99NO13/c1-3-5-7-9-11-12-13-14-15-16-17-18-19-20-21-22-23-24-25-26-27-28-29-31-33-35-37-45(58)54-41(42(57)36-34-32-30-10-8-6-4-2)40-64-52-50(63)48(61)51(44(39-56)66-52)67-53-49(62)47(60)46(59)43(38-55)65-53/h8,10,34,36,41-44,46-53,55-57,59-63H,3-7,9,11-33,35,37-40H2,1-2H3,(H,54,58)/b10-8+,36-34+. The van der Waals surface area contributed by atoms with Crippen molar-refractivity contribution in [1.29, 1.82) is 0 Å². The predicted molar refractivity (Wildman–Crippen MR) is 263 cm³/mol. The highest BCUT2D eigenvalue weighted by Gasteiger charge is 2.51. The monoisotopic (exact) mass is 958 g/mol. The molecular formula is C53H99NO13. The molecule has 2 rings (SSSR count). The zero-order valence-electron chi connectivity index (χ0n) is 41.9. The zero-order valence-corrected chi connectivity index (χ0v) is 41.9. The lowest BCUT2D eigenvalue weighted by Crippen LogP contribution is -2.65. The van der Waals surface area contributed by atoms with Gasteiger partial charge in [0.05, 0.1) is 32.0 Å². The molecule has 2 aliphatic rings. The Hall–Kier alpha value is -1.53. The number of allylic oxidation sites excluding steroid dienone is 3. The summed E-state index contributed by atoms with van der Waals surface area (Å²) in [4.78, 5) is 13.1. The Kier molecular flexibility index (Phi) is 36.9. The fourth-order valence-electron chi connectivity index (χ4n) is 8.96. The number of hydrogen-bond donors (Lipinski definition) is 9. The van der Waals surface area contributed by atoms with Crippen molar-refractivity contribution in [3.05, 3.63) is 24.3 Å². The van der Waals surface area contributed by atoms with Crippen LogP contribution < -0.4 is 5.32 Å². The molecule has 2 fully saturated rings. The summed E-state index contributed by atoms with van der Waals surface area (Å²) in [6.45, 7) is 2.66. The first-order valence-corrected chi connectivity index (χ1v) is 27.1. The third kappa shape index (κ3) is 27.0. The van der Waals surface area contributed by atoms with Gasteiger partial charge in [0.15, 0.2) is 12.6 Å². The Labute approximate surface area is 405 Å². The number of ether oxygens (including phenoxy) is 4. The van der Waals surface area contributed by atoms with E-state index in [0.29, 0.717) is 12.8 Å². The number of aliphatic hydroxyl groups excluding tert-OH is 8. The number of aliphatic hydroxyl groups is 8. The summed E-state index contributed by atoms with van der Waals surface area (Å²) >= 11 is 0. The molecular weight excluding hydrogens is 859 g/mol. The zero-order chi connectivity index (χ0) is 48.9. The number of nitrogens with one attached hydrogen (secondary N) is 1. The average Bonchev–Trinajstić information content (AvgIpc) is 3.32. The van der Waals surface area contributed by atoms with Crippen LogP contribution in [-0.2, 0) is 23.7 Å². The molecule has 14 nitrogen and oxygen atoms in total. The molecule has 0 spiro atoms. The summed E-state index contributed by atoms with van der Waals surface area (Å²) in [5.41, 5.74) is 0. The molecule has 67 heavy (non-hydrogen) atoms. The highest BCUT2D eigenvalue weighted by molar-refractivity contribution is 5.76. The lowest BCUT2D eigenvalue weighted by molar-refractivity contribution is -0.359. The first kappa shape index (κ1) is 61.6. The van der Waals surface area contributed by atoms with Crippen LogP contribution in [0.3, 0.4) is 0 Å². The van der Waals surface area contributed by atoms with E-state index in [2.05, 4.69) is 31.3 Å². The molecule has 0 saturated carbocycles. The Balaban J connectivity index is 1.65. The van der Waals surface area contributed by atoms with Crippen molar-refractivity contribution < 1.29 is 64.6 Å². The van der Waals surface area contributed by atoms with Gasteiger partial charge in [-0.05, 0) is 25.7 Å². The first-order chi connectivity index (χ1) is 32.6. The third-order valence-electron chi connectivity index (χ3n) is 13.4. The van der Waals surface area contributed by atoms with E-state index in [-0.39, 0.29) is 18.9 Å². The summed E-state index contributed by atoms with van der Waals surface area (Å²) in [7, 11) is 0. The molecule has 2 heterocycles. The number of carbonyl (C=O) groups excluding carboxylic acids is 1. The van der Waals surface area contributed by atoms with E-state index >= 15 is 0 Å². The van der Waals surface area contributed by atoms with E-state index < -0.39 is 86.8 Å². The molecule has 0 radical (unpaired) electrons. The van der Waals surface area contributed by atoms with Crippen LogP contribution in [0.25, 0.3) is 0 Å². The molecule has 2 aliphatic heterocycles. The minimum Gasteiger partial charge on any atom is -0.394 e. The summed E-state index contributed by atoms with van der Waals surface area (Å²) in [6, 6.07) is -0.924. The molecule has 0 aromatic rings. The summed E-state index contributed by atoms with van der Waals surface area (Å²) in [5, 5.41) is 86.4. The molecule has 0 aromatic heterocycles. The van der Waals surface area contributed by atoms with Gasteiger partial charge in [0, 0.05) is 6.42 Å². The maximum Gasteiger partial charge on any atom is 0.220 e. The van der Waals surface area contributed by atoms with Crippen molar-refractivity contribution in [1.82, 2.24) is 5.32 Å². The molecule has 0 bridgehead atoms. The second-order valence-electron chi connectivity index (χ2n) is 19.4. The van der Waals surface area contributed by atoms with Crippen molar-refractivity contribution in [3.8, 4) is 0 Å². The topological polar surface area (TPSA) is 228 Å². The van der Waals surface area contributed by atoms with Crippen LogP contribution >= 0.6 is 0 Å². The van der Waals surface area contributed by atoms with E-state index in [4.69, 9.17) is 18.9 Å². The average molecular weight is 958 g/mol. The van der Waals surface area contributed by atoms with Crippen molar-refractivity contribution >= 4 is 5.91 Å². The Morgan fingerprint density at radius 2 is 0.955 bits per heavy atom. The van der Waals surface area contributed by atoms with Gasteiger partial charge in [-0.3, -0.25) is 4.79 Å². The fraction of sp³-hybridized carbons (Fsp3) is 0.906. The van der Waals surface area contributed by atoms with Crippen LogP contribution in [0, 0.1) is 0 Å². The molecule has 2 saturated heterocycles. The molecule has 0 aromatic carbocycles. The maximum absolute atomic E-state index is 13.1. The Morgan fingerprint density at radius 3 is 1.43 bits per heavy atom. The number of hydrogen-bond acceptors (Lipinski definition) is 13. The summed E-state index contributed by atoms with van der Waals surface area (Å²) in [6.07, 6.45) is 28.6. The highest BCUT2D eigenvalue weighted by atomic mass is 16.7. The number of carbonyl (C=O) groups is 1. The quantitative estimate of drug-likeness (QED) is 0.0211. The van der Waals surface area contributed by atoms with E-state index in [0.717, 1.165) is 38.5 Å². The third-order valence-corrected chi connectivity index (χ3v) is 13.4. The second kappa shape index (κ2) is 40.1. The van der Waals surface area contributed by atoms with Crippen molar-refractivity contribution in [3.63, 3.8) is 0 Å². The van der Waals surface area contributed by atoms with Gasteiger partial charge in [-0.25, -0.2) is 0 Å². The van der Waals surface area contributed by atoms with Gasteiger partial charge in [-0.15, -0.1) is 0 Å². The van der Waals surface area contributed by atoms with Crippen LogP contribution in [0.5, 0.6) is 0 Å². The van der Waals surface area contributed by atoms with E-state index in [9.17, 15) is 45.6 Å². The molecule has 1 amide bonds. The number of amides is 1. The first-order valence-electron chi connectivity index (χ1n) is 27.1. The van der Waals surface area contributed by atoms with E-state index in [1.165, 1.54) is 141 Å². The summed E-state index contributed by atoms with van der Waals surface area (Å²) in [5.74, 6) is -0.251. The van der Waals surface area contributed by atoms with Gasteiger partial charge < -0.3 is 65.1 Å². The molecule has 12 atom stereocenters. The molecule has 0 aliphatic carbocycles. The van der Waals surface area contributed by atoms with Crippen molar-refractivity contribution in [2.45, 2.75) is 286 Å². The highest BCUT2D eigenvalue weighted by Crippen LogP contribution is 2.30. The second-order valence-corrected chi connectivity index (χ2v) is 19.4. The number of rotatable bonds is 42. The number of unbranched alkanes of at least 4 members (excludes halogenated alkanes) is 27. The van der Waals surface area contributed by atoms with Crippen LogP contribution in [0.2, 0.25) is 0 Å². The lowest BCUT2D eigenvalue weighted by Gasteiger charge is -2.46. The molecule has 14 heteroatoms. The van der Waals surface area contributed by atoms with Crippen LogP contribution in [0.4, 0.5) is 0 Å². The Bertz CT molecular complexity index is 1220. The van der Waals surface area contributed by atoms with Crippen molar-refractivity contribution in [2.24, 2.45) is 0 Å². The summed E-state index contributed by atoms with van der Waals surface area (Å²) < 4.78 is 22.6. The van der Waals surface area contributed by atoms with Gasteiger partial charge in [0.25, 0.3) is 0 Å². The maximum atomic E-state index is 13.1. The van der Waals surface area contributed by atoms with Gasteiger partial charge in [-0.2, -0.15) is 0 Å². The fourth-order valence-corrected chi connectivity index (χ4v) is 8.96. The van der Waals surface area contributed by atoms with Crippen molar-refractivity contribution in [2.75, 3.05) is 19.8 Å². The van der Waals surface area contributed by atoms with Crippen LogP contribution in [0.1, 0.15) is 213 Å². The molecule has 394 valence electrons. The smallest absolute Gasteiger partial charge is 0.220 e. The van der Waals surface area contributed by atoms with Crippen LogP contribution in [-0.4, -0.2) is 140 Å². The minimum absolute atomic E-state index is 0.251. The molecule has 12 unspecified atom stereocenters. The Morgan fingerprint density at radius 1 is 0.522 bits per heavy atom. The minimum atomic E-state index is -1.79. The van der Waals surface area contributed by atoms with E-state index in [1.54, 1.807) is 6.08 Å².